The number of aryl methyl sites for hydroxylation is 1. The lowest BCUT2D eigenvalue weighted by atomic mass is 9.71. The summed E-state index contributed by atoms with van der Waals surface area (Å²) in [4.78, 5) is 33.5. The maximum absolute atomic E-state index is 12.8. The second-order valence-electron chi connectivity index (χ2n) is 8.64. The first-order chi connectivity index (χ1) is 14.0. The number of carbonyl (C=O) groups is 2. The third-order valence-electron chi connectivity index (χ3n) is 6.57. The van der Waals surface area contributed by atoms with Crippen molar-refractivity contribution in [1.82, 2.24) is 14.8 Å². The molecule has 0 radical (unpaired) electrons. The Morgan fingerprint density at radius 1 is 0.966 bits per heavy atom. The second kappa shape index (κ2) is 8.36. The van der Waals surface area contributed by atoms with Crippen LogP contribution in [0.3, 0.4) is 0 Å². The molecule has 0 aliphatic carbocycles. The summed E-state index contributed by atoms with van der Waals surface area (Å²) in [6, 6.07) is 12.1. The Kier molecular flexibility index (Phi) is 5.65. The fourth-order valence-corrected chi connectivity index (χ4v) is 4.54. The molecule has 152 valence electrons. The van der Waals surface area contributed by atoms with E-state index in [0.29, 0.717) is 19.4 Å². The molecule has 1 spiro atoms. The maximum atomic E-state index is 12.8. The van der Waals surface area contributed by atoms with E-state index in [1.165, 1.54) is 5.56 Å². The van der Waals surface area contributed by atoms with Gasteiger partial charge in [-0.05, 0) is 54.9 Å². The topological polar surface area (TPSA) is 53.5 Å². The van der Waals surface area contributed by atoms with Gasteiger partial charge in [-0.2, -0.15) is 0 Å². The molecule has 0 unspecified atom stereocenters. The van der Waals surface area contributed by atoms with Crippen LogP contribution in [0.1, 0.15) is 42.4 Å². The summed E-state index contributed by atoms with van der Waals surface area (Å²) in [5, 5.41) is 0. The summed E-state index contributed by atoms with van der Waals surface area (Å²) >= 11 is 0. The van der Waals surface area contributed by atoms with Gasteiger partial charge in [0, 0.05) is 45.0 Å². The van der Waals surface area contributed by atoms with Crippen LogP contribution in [0, 0.1) is 12.3 Å². The van der Waals surface area contributed by atoms with E-state index < -0.39 is 0 Å². The molecule has 1 aromatic heterocycles. The molecule has 2 aliphatic heterocycles. The number of aromatic nitrogens is 1. The summed E-state index contributed by atoms with van der Waals surface area (Å²) in [5.74, 6) is 0.442. The van der Waals surface area contributed by atoms with Gasteiger partial charge in [0.2, 0.25) is 11.8 Å². The Hall–Kier alpha value is -2.69. The quantitative estimate of drug-likeness (QED) is 0.803. The summed E-state index contributed by atoms with van der Waals surface area (Å²) < 4.78 is 0. The molecule has 3 heterocycles. The smallest absolute Gasteiger partial charge is 0.226 e. The van der Waals surface area contributed by atoms with Crippen molar-refractivity contribution < 1.29 is 9.59 Å². The second-order valence-corrected chi connectivity index (χ2v) is 8.64. The molecule has 5 nitrogen and oxygen atoms in total. The number of amides is 2. The van der Waals surface area contributed by atoms with Crippen LogP contribution in [0.5, 0.6) is 0 Å². The molecule has 0 bridgehead atoms. The standard InChI is InChI=1S/C24H29N3O2/c1-19-2-4-20(5-3-19)16-22(28)26-13-8-24(9-14-26)10-15-27(23(29)17-24)18-21-6-11-25-12-7-21/h2-7,11-12H,8-10,13-18H2,1H3. The van der Waals surface area contributed by atoms with E-state index in [1.807, 2.05) is 34.1 Å². The molecule has 0 saturated carbocycles. The van der Waals surface area contributed by atoms with Crippen molar-refractivity contribution in [2.75, 3.05) is 19.6 Å². The van der Waals surface area contributed by atoms with E-state index in [-0.39, 0.29) is 17.2 Å². The van der Waals surface area contributed by atoms with Crippen LogP contribution in [0.25, 0.3) is 0 Å². The van der Waals surface area contributed by atoms with Crippen LogP contribution < -0.4 is 0 Å². The number of rotatable bonds is 4. The van der Waals surface area contributed by atoms with E-state index in [0.717, 1.165) is 50.0 Å². The SMILES string of the molecule is Cc1ccc(CC(=O)N2CCC3(CC2)CCN(Cc2ccncc2)C(=O)C3)cc1. The first kappa shape index (κ1) is 19.6. The van der Waals surface area contributed by atoms with Crippen LogP contribution in [-0.2, 0) is 22.6 Å². The Balaban J connectivity index is 1.29. The Bertz CT molecular complexity index is 855. The lowest BCUT2D eigenvalue weighted by Gasteiger charge is -2.46. The number of pyridine rings is 1. The maximum Gasteiger partial charge on any atom is 0.226 e. The van der Waals surface area contributed by atoms with Crippen molar-refractivity contribution >= 4 is 11.8 Å². The molecular weight excluding hydrogens is 362 g/mol. The molecular formula is C24H29N3O2. The van der Waals surface area contributed by atoms with E-state index in [1.54, 1.807) is 12.4 Å². The first-order valence-corrected chi connectivity index (χ1v) is 10.5. The van der Waals surface area contributed by atoms with E-state index >= 15 is 0 Å². The van der Waals surface area contributed by atoms with Gasteiger partial charge in [-0.25, -0.2) is 0 Å². The van der Waals surface area contributed by atoms with Crippen LogP contribution in [0.2, 0.25) is 0 Å². The lowest BCUT2D eigenvalue weighted by molar-refractivity contribution is -0.142. The van der Waals surface area contributed by atoms with Crippen molar-refractivity contribution in [2.45, 2.75) is 45.6 Å². The predicted octanol–water partition coefficient (Wildman–Crippen LogP) is 3.36. The van der Waals surface area contributed by atoms with Crippen molar-refractivity contribution in [2.24, 2.45) is 5.41 Å². The molecule has 0 atom stereocenters. The fraction of sp³-hybridized carbons (Fsp3) is 0.458. The van der Waals surface area contributed by atoms with Gasteiger partial charge in [0.15, 0.2) is 0 Å². The van der Waals surface area contributed by atoms with E-state index in [9.17, 15) is 9.59 Å². The average molecular weight is 392 g/mol. The van der Waals surface area contributed by atoms with Gasteiger partial charge in [0.05, 0.1) is 6.42 Å². The third kappa shape index (κ3) is 4.66. The molecule has 4 rings (SSSR count). The van der Waals surface area contributed by atoms with Gasteiger partial charge >= 0.3 is 0 Å². The summed E-state index contributed by atoms with van der Waals surface area (Å²) in [6.07, 6.45) is 7.51. The van der Waals surface area contributed by atoms with Crippen molar-refractivity contribution in [1.29, 1.82) is 0 Å². The van der Waals surface area contributed by atoms with Gasteiger partial charge in [-0.3, -0.25) is 14.6 Å². The minimum absolute atomic E-state index is 0.0759. The first-order valence-electron chi connectivity index (χ1n) is 10.5. The number of hydrogen-bond acceptors (Lipinski definition) is 3. The van der Waals surface area contributed by atoms with Crippen molar-refractivity contribution in [3.63, 3.8) is 0 Å². The van der Waals surface area contributed by atoms with Crippen LogP contribution >= 0.6 is 0 Å². The fourth-order valence-electron chi connectivity index (χ4n) is 4.54. The summed E-state index contributed by atoms with van der Waals surface area (Å²) in [5.41, 5.74) is 3.48. The van der Waals surface area contributed by atoms with Gasteiger partial charge in [0.1, 0.15) is 0 Å². The van der Waals surface area contributed by atoms with Crippen molar-refractivity contribution in [3.8, 4) is 0 Å². The Morgan fingerprint density at radius 3 is 2.28 bits per heavy atom. The number of nitrogens with zero attached hydrogens (tertiary/aromatic N) is 3. The Labute approximate surface area is 172 Å². The highest BCUT2D eigenvalue weighted by atomic mass is 16.2. The number of hydrogen-bond donors (Lipinski definition) is 0. The number of benzene rings is 1. The largest absolute Gasteiger partial charge is 0.342 e. The average Bonchev–Trinajstić information content (AvgIpc) is 2.73. The highest BCUT2D eigenvalue weighted by Crippen LogP contribution is 2.42. The molecule has 5 heteroatoms. The zero-order valence-corrected chi connectivity index (χ0v) is 17.1. The van der Waals surface area contributed by atoms with Gasteiger partial charge in [-0.15, -0.1) is 0 Å². The van der Waals surface area contributed by atoms with Gasteiger partial charge in [-0.1, -0.05) is 29.8 Å². The zero-order chi connectivity index (χ0) is 20.3. The zero-order valence-electron chi connectivity index (χ0n) is 17.1. The number of likely N-dealkylation sites (tertiary alicyclic amines) is 2. The van der Waals surface area contributed by atoms with Gasteiger partial charge < -0.3 is 9.80 Å². The summed E-state index contributed by atoms with van der Waals surface area (Å²) in [7, 11) is 0. The molecule has 1 aromatic carbocycles. The van der Waals surface area contributed by atoms with E-state index in [4.69, 9.17) is 0 Å². The molecule has 2 fully saturated rings. The molecule has 2 saturated heterocycles. The summed E-state index contributed by atoms with van der Waals surface area (Å²) in [6.45, 7) is 5.06. The number of piperidine rings is 2. The minimum atomic E-state index is 0.0759. The molecule has 2 aromatic rings. The minimum Gasteiger partial charge on any atom is -0.342 e. The predicted molar refractivity (Wildman–Crippen MR) is 112 cm³/mol. The van der Waals surface area contributed by atoms with Gasteiger partial charge in [0.25, 0.3) is 0 Å². The third-order valence-corrected chi connectivity index (χ3v) is 6.57. The van der Waals surface area contributed by atoms with Crippen LogP contribution in [0.15, 0.2) is 48.8 Å². The monoisotopic (exact) mass is 391 g/mol. The molecule has 0 N–H and O–H groups in total. The number of carbonyl (C=O) groups excluding carboxylic acids is 2. The van der Waals surface area contributed by atoms with Crippen LogP contribution in [-0.4, -0.2) is 46.2 Å². The molecule has 2 amide bonds. The highest BCUT2D eigenvalue weighted by Gasteiger charge is 2.41. The lowest BCUT2D eigenvalue weighted by Crippen LogP contribution is -2.50. The molecule has 2 aliphatic rings. The highest BCUT2D eigenvalue weighted by molar-refractivity contribution is 5.79. The van der Waals surface area contributed by atoms with Crippen LogP contribution in [0.4, 0.5) is 0 Å². The van der Waals surface area contributed by atoms with E-state index in [2.05, 4.69) is 24.0 Å². The Morgan fingerprint density at radius 2 is 1.62 bits per heavy atom. The van der Waals surface area contributed by atoms with Crippen molar-refractivity contribution in [3.05, 3.63) is 65.5 Å². The normalized spacial score (nSPS) is 18.9. The molecule has 29 heavy (non-hydrogen) atoms.